The molecule has 2 N–H and O–H groups in total. The molecule has 1 heterocycles. The predicted octanol–water partition coefficient (Wildman–Crippen LogP) is 2.69. The Labute approximate surface area is 158 Å². The van der Waals surface area contributed by atoms with Crippen LogP contribution in [0.15, 0.2) is 48.5 Å². The predicted molar refractivity (Wildman–Crippen MR) is 101 cm³/mol. The minimum atomic E-state index is -0.550. The maximum Gasteiger partial charge on any atom is 0.239 e. The van der Waals surface area contributed by atoms with E-state index in [1.165, 1.54) is 6.07 Å². The van der Waals surface area contributed by atoms with Crippen LogP contribution in [0.2, 0.25) is 5.02 Å². The molecular formula is C20H23ClFN3O. The van der Waals surface area contributed by atoms with Crippen molar-refractivity contribution < 1.29 is 9.18 Å². The van der Waals surface area contributed by atoms with E-state index in [0.717, 1.165) is 24.2 Å². The van der Waals surface area contributed by atoms with Gasteiger partial charge in [-0.3, -0.25) is 9.69 Å². The van der Waals surface area contributed by atoms with Gasteiger partial charge < -0.3 is 10.6 Å². The highest BCUT2D eigenvalue weighted by Crippen LogP contribution is 2.13. The highest BCUT2D eigenvalue weighted by molar-refractivity contribution is 6.30. The highest BCUT2D eigenvalue weighted by atomic mass is 35.5. The topological polar surface area (TPSA) is 49.6 Å². The molecule has 1 aliphatic heterocycles. The van der Waals surface area contributed by atoms with E-state index >= 15 is 0 Å². The largest absolute Gasteiger partial charge is 0.339 e. The van der Waals surface area contributed by atoms with Crippen LogP contribution < -0.4 is 5.73 Å². The first kappa shape index (κ1) is 18.8. The lowest BCUT2D eigenvalue weighted by molar-refractivity contribution is -0.134. The molecule has 0 aromatic heterocycles. The first-order chi connectivity index (χ1) is 12.5. The van der Waals surface area contributed by atoms with Crippen LogP contribution in [0.3, 0.4) is 0 Å². The molecule has 1 saturated heterocycles. The van der Waals surface area contributed by atoms with Gasteiger partial charge in [-0.05, 0) is 41.8 Å². The summed E-state index contributed by atoms with van der Waals surface area (Å²) >= 11 is 5.88. The summed E-state index contributed by atoms with van der Waals surface area (Å²) in [5, 5.41) is 0.670. The fourth-order valence-corrected chi connectivity index (χ4v) is 3.34. The molecular weight excluding hydrogens is 353 g/mol. The number of halogens is 2. The zero-order valence-electron chi connectivity index (χ0n) is 14.6. The summed E-state index contributed by atoms with van der Waals surface area (Å²) < 4.78 is 13.3. The van der Waals surface area contributed by atoms with E-state index in [9.17, 15) is 9.18 Å². The Bertz CT molecular complexity index is 745. The average Bonchev–Trinajstić information content (AvgIpc) is 2.64. The molecule has 0 spiro atoms. The zero-order valence-corrected chi connectivity index (χ0v) is 15.3. The monoisotopic (exact) mass is 375 g/mol. The summed E-state index contributed by atoms with van der Waals surface area (Å²) in [6.07, 6.45) is 0.500. The summed E-state index contributed by atoms with van der Waals surface area (Å²) in [6, 6.07) is 13.5. The number of carbonyl (C=O) groups excluding carboxylic acids is 1. The van der Waals surface area contributed by atoms with Gasteiger partial charge in [-0.15, -0.1) is 0 Å². The molecule has 0 aliphatic carbocycles. The Balaban J connectivity index is 1.49. The molecule has 1 unspecified atom stereocenters. The Morgan fingerprint density at radius 1 is 1.08 bits per heavy atom. The summed E-state index contributed by atoms with van der Waals surface area (Å²) in [5.74, 6) is -0.241. The minimum Gasteiger partial charge on any atom is -0.339 e. The number of hydrogen-bond acceptors (Lipinski definition) is 3. The van der Waals surface area contributed by atoms with Crippen molar-refractivity contribution in [2.75, 3.05) is 26.2 Å². The summed E-state index contributed by atoms with van der Waals surface area (Å²) in [5.41, 5.74) is 8.06. The summed E-state index contributed by atoms with van der Waals surface area (Å²) in [6.45, 7) is 3.49. The lowest BCUT2D eigenvalue weighted by Gasteiger charge is -2.36. The molecule has 0 radical (unpaired) electrons. The van der Waals surface area contributed by atoms with Crippen molar-refractivity contribution in [1.29, 1.82) is 0 Å². The van der Waals surface area contributed by atoms with Gasteiger partial charge in [0.15, 0.2) is 0 Å². The van der Waals surface area contributed by atoms with Crippen molar-refractivity contribution in [3.63, 3.8) is 0 Å². The Morgan fingerprint density at radius 3 is 2.42 bits per heavy atom. The van der Waals surface area contributed by atoms with Crippen molar-refractivity contribution in [2.45, 2.75) is 19.0 Å². The van der Waals surface area contributed by atoms with Crippen molar-refractivity contribution in [2.24, 2.45) is 5.73 Å². The molecule has 6 heteroatoms. The van der Waals surface area contributed by atoms with Gasteiger partial charge in [0, 0.05) is 37.7 Å². The maximum atomic E-state index is 13.3. The van der Waals surface area contributed by atoms with E-state index in [4.69, 9.17) is 17.3 Å². The number of amides is 1. The third kappa shape index (κ3) is 5.04. The molecule has 1 amide bonds. The van der Waals surface area contributed by atoms with Crippen LogP contribution in [0, 0.1) is 5.82 Å². The number of nitrogens with zero attached hydrogens (tertiary/aromatic N) is 2. The number of piperazine rings is 1. The van der Waals surface area contributed by atoms with Crippen molar-refractivity contribution in [3.8, 4) is 0 Å². The molecule has 1 aliphatic rings. The van der Waals surface area contributed by atoms with Gasteiger partial charge in [0.25, 0.3) is 0 Å². The van der Waals surface area contributed by atoms with Gasteiger partial charge in [-0.25, -0.2) is 4.39 Å². The van der Waals surface area contributed by atoms with Gasteiger partial charge >= 0.3 is 0 Å². The zero-order chi connectivity index (χ0) is 18.5. The number of benzene rings is 2. The minimum absolute atomic E-state index is 0.0228. The van der Waals surface area contributed by atoms with Crippen LogP contribution in [-0.2, 0) is 17.8 Å². The molecule has 26 heavy (non-hydrogen) atoms. The summed E-state index contributed by atoms with van der Waals surface area (Å²) in [7, 11) is 0. The Kier molecular flexibility index (Phi) is 6.25. The van der Waals surface area contributed by atoms with E-state index in [2.05, 4.69) is 4.90 Å². The van der Waals surface area contributed by atoms with Crippen LogP contribution in [0.25, 0.3) is 0 Å². The van der Waals surface area contributed by atoms with E-state index in [-0.39, 0.29) is 11.7 Å². The van der Waals surface area contributed by atoms with E-state index in [1.807, 2.05) is 23.1 Å². The number of rotatable bonds is 5. The third-order valence-electron chi connectivity index (χ3n) is 4.67. The van der Waals surface area contributed by atoms with Gasteiger partial charge in [0.2, 0.25) is 5.91 Å². The SMILES string of the molecule is NC(Cc1ccc(Cl)cc1)C(=O)N1CCN(Cc2cccc(F)c2)CC1. The second-order valence-electron chi connectivity index (χ2n) is 6.67. The molecule has 4 nitrogen and oxygen atoms in total. The average molecular weight is 376 g/mol. The number of nitrogens with two attached hydrogens (primary N) is 1. The lowest BCUT2D eigenvalue weighted by Crippen LogP contribution is -2.53. The molecule has 3 rings (SSSR count). The fraction of sp³-hybridized carbons (Fsp3) is 0.350. The number of hydrogen-bond donors (Lipinski definition) is 1. The van der Waals surface area contributed by atoms with Gasteiger partial charge in [0.05, 0.1) is 6.04 Å². The Morgan fingerprint density at radius 2 is 1.77 bits per heavy atom. The molecule has 1 fully saturated rings. The first-order valence-electron chi connectivity index (χ1n) is 8.77. The van der Waals surface area contributed by atoms with Crippen LogP contribution in [0.1, 0.15) is 11.1 Å². The number of carbonyl (C=O) groups is 1. The molecule has 2 aromatic carbocycles. The third-order valence-corrected chi connectivity index (χ3v) is 4.92. The van der Waals surface area contributed by atoms with Crippen LogP contribution in [0.4, 0.5) is 4.39 Å². The Hall–Kier alpha value is -1.95. The molecule has 0 saturated carbocycles. The van der Waals surface area contributed by atoms with Gasteiger partial charge in [-0.1, -0.05) is 35.9 Å². The van der Waals surface area contributed by atoms with E-state index in [0.29, 0.717) is 31.1 Å². The standard InChI is InChI=1S/C20H23ClFN3O/c21-17-6-4-15(5-7-17)13-19(23)20(26)25-10-8-24(9-11-25)14-16-2-1-3-18(22)12-16/h1-7,12,19H,8-11,13-14,23H2. The first-order valence-corrected chi connectivity index (χ1v) is 9.14. The van der Waals surface area contributed by atoms with Crippen LogP contribution in [0.5, 0.6) is 0 Å². The van der Waals surface area contributed by atoms with Gasteiger partial charge in [-0.2, -0.15) is 0 Å². The van der Waals surface area contributed by atoms with E-state index < -0.39 is 6.04 Å². The quantitative estimate of drug-likeness (QED) is 0.874. The second-order valence-corrected chi connectivity index (χ2v) is 7.10. The second kappa shape index (κ2) is 8.62. The fourth-order valence-electron chi connectivity index (χ4n) is 3.22. The van der Waals surface area contributed by atoms with E-state index in [1.54, 1.807) is 24.3 Å². The molecule has 1 atom stereocenters. The van der Waals surface area contributed by atoms with Crippen LogP contribution >= 0.6 is 11.6 Å². The molecule has 138 valence electrons. The maximum absolute atomic E-state index is 13.3. The molecule has 2 aromatic rings. The van der Waals surface area contributed by atoms with Crippen molar-refractivity contribution in [1.82, 2.24) is 9.80 Å². The smallest absolute Gasteiger partial charge is 0.239 e. The highest BCUT2D eigenvalue weighted by Gasteiger charge is 2.25. The van der Waals surface area contributed by atoms with Crippen molar-refractivity contribution in [3.05, 3.63) is 70.5 Å². The van der Waals surface area contributed by atoms with Crippen LogP contribution in [-0.4, -0.2) is 47.9 Å². The lowest BCUT2D eigenvalue weighted by atomic mass is 10.1. The van der Waals surface area contributed by atoms with Crippen molar-refractivity contribution >= 4 is 17.5 Å². The summed E-state index contributed by atoms with van der Waals surface area (Å²) in [4.78, 5) is 16.6. The van der Waals surface area contributed by atoms with Gasteiger partial charge in [0.1, 0.15) is 5.82 Å². The normalized spacial score (nSPS) is 16.5. The molecule has 0 bridgehead atoms.